The van der Waals surface area contributed by atoms with Crippen molar-refractivity contribution in [3.8, 4) is 0 Å². The van der Waals surface area contributed by atoms with E-state index in [0.29, 0.717) is 0 Å². The number of carbonyl (C=O) groups is 1. The van der Waals surface area contributed by atoms with Crippen LogP contribution < -0.4 is 10.6 Å². The largest absolute Gasteiger partial charge is 0.326 e. The smallest absolute Gasteiger partial charge is 0.221 e. The highest BCUT2D eigenvalue weighted by Crippen LogP contribution is 2.39. The first-order chi connectivity index (χ1) is 10.7. The molecular weight excluding hydrogens is 294 g/mol. The molecule has 5 heteroatoms. The number of hydrogen-bond donors (Lipinski definition) is 2. The number of nitrogens with one attached hydrogen (secondary N) is 2. The van der Waals surface area contributed by atoms with E-state index in [2.05, 4.69) is 27.1 Å². The summed E-state index contributed by atoms with van der Waals surface area (Å²) in [7, 11) is 0. The topological polar surface area (TPSA) is 54.0 Å². The molecular formula is C17H21N3OS. The van der Waals surface area contributed by atoms with Crippen LogP contribution in [-0.2, 0) is 16.9 Å². The van der Waals surface area contributed by atoms with E-state index in [0.717, 1.165) is 25.1 Å². The Bertz CT molecular complexity index is 633. The van der Waals surface area contributed by atoms with Crippen molar-refractivity contribution >= 4 is 22.9 Å². The Labute approximate surface area is 135 Å². The summed E-state index contributed by atoms with van der Waals surface area (Å²) in [6, 6.07) is 8.01. The van der Waals surface area contributed by atoms with E-state index in [1.54, 1.807) is 11.3 Å². The number of aromatic nitrogens is 1. The third-order valence-corrected chi connectivity index (χ3v) is 5.15. The van der Waals surface area contributed by atoms with Gasteiger partial charge in [0.05, 0.1) is 5.54 Å². The predicted octanol–water partition coefficient (Wildman–Crippen LogP) is 3.66. The summed E-state index contributed by atoms with van der Waals surface area (Å²) in [5, 5.41) is 9.81. The number of anilines is 1. The quantitative estimate of drug-likeness (QED) is 0.885. The summed E-state index contributed by atoms with van der Waals surface area (Å²) in [5.74, 6) is -0.0415. The van der Waals surface area contributed by atoms with Gasteiger partial charge < -0.3 is 10.6 Å². The van der Waals surface area contributed by atoms with Crippen LogP contribution in [0.1, 0.15) is 43.2 Å². The number of thiazole rings is 1. The lowest BCUT2D eigenvalue weighted by Gasteiger charge is -2.28. The Hall–Kier alpha value is -1.72. The van der Waals surface area contributed by atoms with Gasteiger partial charge in [-0.05, 0) is 30.5 Å². The fourth-order valence-corrected chi connectivity index (χ4v) is 4.01. The molecule has 1 amide bonds. The van der Waals surface area contributed by atoms with Gasteiger partial charge in [0.2, 0.25) is 5.91 Å². The molecule has 2 aromatic rings. The highest BCUT2D eigenvalue weighted by atomic mass is 32.1. The highest BCUT2D eigenvalue weighted by Gasteiger charge is 2.37. The fourth-order valence-electron chi connectivity index (χ4n) is 3.14. The first-order valence-electron chi connectivity index (χ1n) is 7.69. The van der Waals surface area contributed by atoms with Gasteiger partial charge in [-0.15, -0.1) is 11.3 Å². The number of carbonyl (C=O) groups excluding carboxylic acids is 1. The van der Waals surface area contributed by atoms with Gasteiger partial charge >= 0.3 is 0 Å². The molecule has 0 atom stereocenters. The van der Waals surface area contributed by atoms with Crippen LogP contribution in [0, 0.1) is 0 Å². The number of hydrogen-bond acceptors (Lipinski definition) is 4. The summed E-state index contributed by atoms with van der Waals surface area (Å²) >= 11 is 1.74. The highest BCUT2D eigenvalue weighted by molar-refractivity contribution is 7.09. The second-order valence-electron chi connectivity index (χ2n) is 5.86. The SMILES string of the molecule is CC(=O)Nc1cccc(CNC2(c3nccs3)CCCC2)c1. The van der Waals surface area contributed by atoms with Crippen molar-refractivity contribution in [1.82, 2.24) is 10.3 Å². The number of nitrogens with zero attached hydrogens (tertiary/aromatic N) is 1. The van der Waals surface area contributed by atoms with Crippen LogP contribution >= 0.6 is 11.3 Å². The van der Waals surface area contributed by atoms with Crippen LogP contribution in [0.25, 0.3) is 0 Å². The first-order valence-corrected chi connectivity index (χ1v) is 8.57. The minimum absolute atomic E-state index is 0.0260. The molecule has 1 aromatic carbocycles. The van der Waals surface area contributed by atoms with Crippen molar-refractivity contribution in [2.24, 2.45) is 0 Å². The van der Waals surface area contributed by atoms with Gasteiger partial charge in [-0.2, -0.15) is 0 Å². The first kappa shape index (κ1) is 15.2. The van der Waals surface area contributed by atoms with Crippen LogP contribution in [0.3, 0.4) is 0 Å². The van der Waals surface area contributed by atoms with Gasteiger partial charge in [0.1, 0.15) is 5.01 Å². The van der Waals surface area contributed by atoms with E-state index >= 15 is 0 Å². The van der Waals surface area contributed by atoms with Crippen molar-refractivity contribution in [2.75, 3.05) is 5.32 Å². The van der Waals surface area contributed by atoms with E-state index in [-0.39, 0.29) is 11.4 Å². The standard InChI is InChI=1S/C17H21N3OS/c1-13(21)20-15-6-4-5-14(11-15)12-19-17(7-2-3-8-17)16-18-9-10-22-16/h4-6,9-11,19H,2-3,7-8,12H2,1H3,(H,20,21). The summed E-state index contributed by atoms with van der Waals surface area (Å²) < 4.78 is 0. The van der Waals surface area contributed by atoms with Crippen molar-refractivity contribution < 1.29 is 4.79 Å². The number of amides is 1. The monoisotopic (exact) mass is 315 g/mol. The minimum Gasteiger partial charge on any atom is -0.326 e. The van der Waals surface area contributed by atoms with Crippen molar-refractivity contribution in [3.05, 3.63) is 46.4 Å². The van der Waals surface area contributed by atoms with Crippen LogP contribution in [0.5, 0.6) is 0 Å². The summed E-state index contributed by atoms with van der Waals surface area (Å²) in [6.45, 7) is 2.31. The zero-order chi connectivity index (χ0) is 15.4. The van der Waals surface area contributed by atoms with Gasteiger partial charge in [-0.25, -0.2) is 4.98 Å². The molecule has 2 N–H and O–H groups in total. The molecule has 0 bridgehead atoms. The molecule has 1 aliphatic carbocycles. The van der Waals surface area contributed by atoms with Crippen LogP contribution in [0.4, 0.5) is 5.69 Å². The lowest BCUT2D eigenvalue weighted by Crippen LogP contribution is -2.39. The molecule has 22 heavy (non-hydrogen) atoms. The van der Waals surface area contributed by atoms with Crippen molar-refractivity contribution in [1.29, 1.82) is 0 Å². The minimum atomic E-state index is -0.0415. The Morgan fingerprint density at radius 3 is 2.86 bits per heavy atom. The maximum absolute atomic E-state index is 11.2. The Kier molecular flexibility index (Phi) is 4.55. The zero-order valence-corrected chi connectivity index (χ0v) is 13.6. The Morgan fingerprint density at radius 1 is 1.36 bits per heavy atom. The lowest BCUT2D eigenvalue weighted by atomic mass is 9.98. The maximum atomic E-state index is 11.2. The molecule has 0 aliphatic heterocycles. The molecule has 0 spiro atoms. The third kappa shape index (κ3) is 3.36. The zero-order valence-electron chi connectivity index (χ0n) is 12.8. The van der Waals surface area contributed by atoms with Gasteiger partial charge in [0, 0.05) is 30.7 Å². The van der Waals surface area contributed by atoms with Crippen LogP contribution in [-0.4, -0.2) is 10.9 Å². The molecule has 1 aromatic heterocycles. The van der Waals surface area contributed by atoms with Crippen LogP contribution in [0.2, 0.25) is 0 Å². The summed E-state index contributed by atoms with van der Waals surface area (Å²) in [6.07, 6.45) is 6.67. The van der Waals surface area contributed by atoms with Crippen LogP contribution in [0.15, 0.2) is 35.8 Å². The van der Waals surface area contributed by atoms with E-state index in [1.165, 1.54) is 30.3 Å². The third-order valence-electron chi connectivity index (χ3n) is 4.18. The predicted molar refractivity (Wildman–Crippen MR) is 89.8 cm³/mol. The van der Waals surface area contributed by atoms with E-state index in [1.807, 2.05) is 24.4 Å². The molecule has 0 radical (unpaired) electrons. The maximum Gasteiger partial charge on any atom is 0.221 e. The molecule has 4 nitrogen and oxygen atoms in total. The average molecular weight is 315 g/mol. The lowest BCUT2D eigenvalue weighted by molar-refractivity contribution is -0.114. The van der Waals surface area contributed by atoms with E-state index in [4.69, 9.17) is 0 Å². The van der Waals surface area contributed by atoms with Crippen molar-refractivity contribution in [3.63, 3.8) is 0 Å². The molecule has 116 valence electrons. The van der Waals surface area contributed by atoms with Gasteiger partial charge in [0.25, 0.3) is 0 Å². The van der Waals surface area contributed by atoms with Gasteiger partial charge in [0.15, 0.2) is 0 Å². The average Bonchev–Trinajstić information content (AvgIpc) is 3.17. The molecule has 0 saturated heterocycles. The Morgan fingerprint density at radius 2 is 2.18 bits per heavy atom. The number of benzene rings is 1. The van der Waals surface area contributed by atoms with Gasteiger partial charge in [-0.1, -0.05) is 25.0 Å². The second-order valence-corrected chi connectivity index (χ2v) is 6.76. The fraction of sp³-hybridized carbons (Fsp3) is 0.412. The Balaban J connectivity index is 1.72. The number of rotatable bonds is 5. The molecule has 1 heterocycles. The van der Waals surface area contributed by atoms with E-state index in [9.17, 15) is 4.79 Å². The molecule has 0 unspecified atom stereocenters. The second kappa shape index (κ2) is 6.58. The summed E-state index contributed by atoms with van der Waals surface area (Å²) in [4.78, 5) is 15.7. The molecule has 3 rings (SSSR count). The summed E-state index contributed by atoms with van der Waals surface area (Å²) in [5.41, 5.74) is 2.05. The van der Waals surface area contributed by atoms with Gasteiger partial charge in [-0.3, -0.25) is 4.79 Å². The normalized spacial score (nSPS) is 16.6. The molecule has 1 aliphatic rings. The van der Waals surface area contributed by atoms with Crippen molar-refractivity contribution in [2.45, 2.75) is 44.7 Å². The van der Waals surface area contributed by atoms with E-state index < -0.39 is 0 Å². The molecule has 1 fully saturated rings. The molecule has 1 saturated carbocycles.